The summed E-state index contributed by atoms with van der Waals surface area (Å²) in [6.45, 7) is 0.861. The van der Waals surface area contributed by atoms with Gasteiger partial charge >= 0.3 is 0 Å². The summed E-state index contributed by atoms with van der Waals surface area (Å²) in [5, 5.41) is 8.95. The monoisotopic (exact) mass is 286 g/mol. The first-order valence-corrected chi connectivity index (χ1v) is 7.78. The van der Waals surface area contributed by atoms with E-state index >= 15 is 0 Å². The normalized spacial score (nSPS) is 21.4. The van der Waals surface area contributed by atoms with Crippen LogP contribution in [0.4, 0.5) is 0 Å². The summed E-state index contributed by atoms with van der Waals surface area (Å²) < 4.78 is 26.2. The topological polar surface area (TPSA) is 90.5 Å². The minimum Gasteiger partial charge on any atom is -0.396 e. The van der Waals surface area contributed by atoms with Gasteiger partial charge in [-0.05, 0) is 25.2 Å². The first-order chi connectivity index (χ1) is 9.05. The van der Waals surface area contributed by atoms with Crippen LogP contribution in [0.1, 0.15) is 19.3 Å². The highest BCUT2D eigenvalue weighted by atomic mass is 32.2. The van der Waals surface area contributed by atoms with Gasteiger partial charge in [-0.2, -0.15) is 4.31 Å². The average Bonchev–Trinajstić information content (AvgIpc) is 2.40. The van der Waals surface area contributed by atoms with Gasteiger partial charge in [0.05, 0.1) is 0 Å². The van der Waals surface area contributed by atoms with Crippen LogP contribution >= 0.6 is 0 Å². The predicted octanol–water partition coefficient (Wildman–Crippen LogP) is 0.158. The van der Waals surface area contributed by atoms with Crippen molar-refractivity contribution in [3.63, 3.8) is 0 Å². The SMILES string of the molecule is O=c1cc[nH]cc1S(=O)(=O)N1CCCC(CCO)C1. The van der Waals surface area contributed by atoms with Crippen LogP contribution < -0.4 is 5.43 Å². The lowest BCUT2D eigenvalue weighted by Gasteiger charge is -2.31. The molecule has 0 amide bonds. The standard InChI is InChI=1S/C12H18N2O4S/c15-7-4-10-2-1-6-14(9-10)19(17,18)12-8-13-5-3-11(12)16/h3,5,8,10,15H,1-2,4,6-7,9H2,(H,13,16). The van der Waals surface area contributed by atoms with Gasteiger partial charge in [0, 0.05) is 38.2 Å². The minimum atomic E-state index is -3.74. The lowest BCUT2D eigenvalue weighted by molar-refractivity contribution is 0.203. The fourth-order valence-electron chi connectivity index (χ4n) is 2.40. The Morgan fingerprint density at radius 3 is 2.95 bits per heavy atom. The zero-order chi connectivity index (χ0) is 13.9. The van der Waals surface area contributed by atoms with Crippen LogP contribution in [0.25, 0.3) is 0 Å². The van der Waals surface area contributed by atoms with Crippen molar-refractivity contribution >= 4 is 10.0 Å². The highest BCUT2D eigenvalue weighted by molar-refractivity contribution is 7.89. The molecule has 2 N–H and O–H groups in total. The maximum absolute atomic E-state index is 12.4. The lowest BCUT2D eigenvalue weighted by Crippen LogP contribution is -2.41. The zero-order valence-electron chi connectivity index (χ0n) is 10.6. The highest BCUT2D eigenvalue weighted by Gasteiger charge is 2.31. The molecule has 0 bridgehead atoms. The van der Waals surface area contributed by atoms with Gasteiger partial charge in [-0.3, -0.25) is 4.79 Å². The van der Waals surface area contributed by atoms with Crippen LogP contribution in [-0.4, -0.2) is 42.5 Å². The van der Waals surface area contributed by atoms with Crippen LogP contribution in [0, 0.1) is 5.92 Å². The maximum atomic E-state index is 12.4. The van der Waals surface area contributed by atoms with E-state index < -0.39 is 15.5 Å². The number of nitrogens with one attached hydrogen (secondary N) is 1. The largest absolute Gasteiger partial charge is 0.396 e. The molecular formula is C12H18N2O4S. The Balaban J connectivity index is 2.25. The first kappa shape index (κ1) is 14.2. The smallest absolute Gasteiger partial charge is 0.248 e. The van der Waals surface area contributed by atoms with Gasteiger partial charge in [0.1, 0.15) is 4.90 Å². The molecule has 1 fully saturated rings. The Labute approximate surface area is 112 Å². The fraction of sp³-hybridized carbons (Fsp3) is 0.583. The molecule has 6 nitrogen and oxygen atoms in total. The van der Waals surface area contributed by atoms with E-state index in [0.29, 0.717) is 19.5 Å². The predicted molar refractivity (Wildman–Crippen MR) is 70.2 cm³/mol. The fourth-order valence-corrected chi connectivity index (χ4v) is 4.00. The second-order valence-corrected chi connectivity index (χ2v) is 6.66. The number of nitrogens with zero attached hydrogens (tertiary/aromatic N) is 1. The Morgan fingerprint density at radius 2 is 2.26 bits per heavy atom. The van der Waals surface area contributed by atoms with Crippen molar-refractivity contribution in [2.75, 3.05) is 19.7 Å². The highest BCUT2D eigenvalue weighted by Crippen LogP contribution is 2.23. The number of aromatic nitrogens is 1. The Morgan fingerprint density at radius 1 is 1.47 bits per heavy atom. The minimum absolute atomic E-state index is 0.0600. The molecule has 0 spiro atoms. The third kappa shape index (κ3) is 3.05. The molecule has 19 heavy (non-hydrogen) atoms. The number of hydrogen-bond acceptors (Lipinski definition) is 4. The molecule has 0 aliphatic carbocycles. The molecule has 1 aromatic heterocycles. The Bertz CT molecular complexity index is 579. The van der Waals surface area contributed by atoms with Crippen LogP contribution in [0.3, 0.4) is 0 Å². The summed E-state index contributed by atoms with van der Waals surface area (Å²) in [6, 6.07) is 1.21. The molecule has 1 saturated heterocycles. The second kappa shape index (κ2) is 5.85. The molecule has 106 valence electrons. The lowest BCUT2D eigenvalue weighted by atomic mass is 9.97. The van der Waals surface area contributed by atoms with Gasteiger partial charge in [0.15, 0.2) is 0 Å². The van der Waals surface area contributed by atoms with Crippen molar-refractivity contribution in [2.24, 2.45) is 5.92 Å². The van der Waals surface area contributed by atoms with Crippen LogP contribution in [0.5, 0.6) is 0 Å². The average molecular weight is 286 g/mol. The van der Waals surface area contributed by atoms with E-state index in [0.717, 1.165) is 12.8 Å². The van der Waals surface area contributed by atoms with E-state index in [2.05, 4.69) is 4.98 Å². The van der Waals surface area contributed by atoms with E-state index in [9.17, 15) is 13.2 Å². The molecule has 1 unspecified atom stereocenters. The second-order valence-electron chi connectivity index (χ2n) is 4.76. The van der Waals surface area contributed by atoms with Crippen molar-refractivity contribution in [1.29, 1.82) is 0 Å². The molecule has 2 heterocycles. The van der Waals surface area contributed by atoms with Crippen LogP contribution in [0.2, 0.25) is 0 Å². The zero-order valence-corrected chi connectivity index (χ0v) is 11.4. The first-order valence-electron chi connectivity index (χ1n) is 6.34. The molecule has 2 rings (SSSR count). The van der Waals surface area contributed by atoms with Gasteiger partial charge in [0.25, 0.3) is 0 Å². The Hall–Kier alpha value is -1.18. The molecule has 1 atom stereocenters. The Kier molecular flexibility index (Phi) is 4.38. The van der Waals surface area contributed by atoms with E-state index in [4.69, 9.17) is 5.11 Å². The molecule has 1 aromatic rings. The maximum Gasteiger partial charge on any atom is 0.248 e. The van der Waals surface area contributed by atoms with Crippen molar-refractivity contribution in [1.82, 2.24) is 9.29 Å². The van der Waals surface area contributed by atoms with Gasteiger partial charge in [-0.25, -0.2) is 8.42 Å². The van der Waals surface area contributed by atoms with Gasteiger partial charge in [-0.15, -0.1) is 0 Å². The molecule has 7 heteroatoms. The van der Waals surface area contributed by atoms with Crippen molar-refractivity contribution in [3.8, 4) is 0 Å². The van der Waals surface area contributed by atoms with Gasteiger partial charge in [-0.1, -0.05) is 0 Å². The van der Waals surface area contributed by atoms with Gasteiger partial charge in [0.2, 0.25) is 15.5 Å². The number of rotatable bonds is 4. The number of aliphatic hydroxyl groups is 1. The molecule has 0 aromatic carbocycles. The number of piperidine rings is 1. The third-order valence-electron chi connectivity index (χ3n) is 3.43. The molecular weight excluding hydrogens is 268 g/mol. The van der Waals surface area contributed by atoms with E-state index in [1.165, 1.54) is 22.8 Å². The molecule has 0 radical (unpaired) electrons. The van der Waals surface area contributed by atoms with Crippen molar-refractivity contribution in [2.45, 2.75) is 24.2 Å². The summed E-state index contributed by atoms with van der Waals surface area (Å²) in [4.78, 5) is 14.1. The third-order valence-corrected chi connectivity index (χ3v) is 5.31. The van der Waals surface area contributed by atoms with E-state index in [-0.39, 0.29) is 17.4 Å². The number of H-pyrrole nitrogens is 1. The number of pyridine rings is 1. The number of aliphatic hydroxyl groups excluding tert-OH is 1. The summed E-state index contributed by atoms with van der Waals surface area (Å²) in [5.41, 5.74) is -0.497. The summed E-state index contributed by atoms with van der Waals surface area (Å²) in [7, 11) is -3.74. The van der Waals surface area contributed by atoms with Crippen LogP contribution in [-0.2, 0) is 10.0 Å². The molecule has 0 saturated carbocycles. The number of sulfonamides is 1. The van der Waals surface area contributed by atoms with E-state index in [1.54, 1.807) is 0 Å². The quantitative estimate of drug-likeness (QED) is 0.825. The molecule has 1 aliphatic heterocycles. The van der Waals surface area contributed by atoms with Crippen molar-refractivity contribution < 1.29 is 13.5 Å². The van der Waals surface area contributed by atoms with E-state index in [1.807, 2.05) is 0 Å². The van der Waals surface area contributed by atoms with Crippen LogP contribution in [0.15, 0.2) is 28.2 Å². The number of aromatic amines is 1. The van der Waals surface area contributed by atoms with Gasteiger partial charge < -0.3 is 10.1 Å². The van der Waals surface area contributed by atoms with Crippen molar-refractivity contribution in [3.05, 3.63) is 28.7 Å². The number of hydrogen-bond donors (Lipinski definition) is 2. The summed E-state index contributed by atoms with van der Waals surface area (Å²) in [6.07, 6.45) is 4.91. The molecule has 1 aliphatic rings. The summed E-state index contributed by atoms with van der Waals surface area (Å²) in [5.74, 6) is 0.163. The summed E-state index contributed by atoms with van der Waals surface area (Å²) >= 11 is 0.